The summed E-state index contributed by atoms with van der Waals surface area (Å²) < 4.78 is 0. The highest BCUT2D eigenvalue weighted by atomic mass is 16.3. The molecule has 72 valence electrons. The number of aliphatic hydroxyl groups excluding tert-OH is 2. The molecule has 1 aliphatic rings. The van der Waals surface area contributed by atoms with Crippen LogP contribution in [0.15, 0.2) is 0 Å². The van der Waals surface area contributed by atoms with Gasteiger partial charge in [0.05, 0.1) is 0 Å². The van der Waals surface area contributed by atoms with Gasteiger partial charge in [-0.15, -0.1) is 0 Å². The first-order chi connectivity index (χ1) is 5.62. The van der Waals surface area contributed by atoms with Crippen molar-refractivity contribution < 1.29 is 10.2 Å². The van der Waals surface area contributed by atoms with Crippen molar-refractivity contribution in [2.75, 3.05) is 13.2 Å². The van der Waals surface area contributed by atoms with Crippen molar-refractivity contribution in [2.45, 2.75) is 33.1 Å². The first-order valence-electron chi connectivity index (χ1n) is 4.84. The molecule has 1 rings (SSSR count). The van der Waals surface area contributed by atoms with Crippen LogP contribution in [-0.4, -0.2) is 23.4 Å². The molecule has 0 aromatic carbocycles. The fourth-order valence-electron chi connectivity index (χ4n) is 2.08. The average Bonchev–Trinajstić information content (AvgIpc) is 2.10. The number of hydrogen-bond acceptors (Lipinski definition) is 2. The van der Waals surface area contributed by atoms with Crippen molar-refractivity contribution in [1.82, 2.24) is 0 Å². The molecule has 1 saturated carbocycles. The van der Waals surface area contributed by atoms with Crippen LogP contribution in [0.1, 0.15) is 33.1 Å². The van der Waals surface area contributed by atoms with Crippen LogP contribution in [0, 0.1) is 17.3 Å². The zero-order valence-electron chi connectivity index (χ0n) is 8.08. The van der Waals surface area contributed by atoms with Crippen LogP contribution < -0.4 is 0 Å². The second kappa shape index (κ2) is 3.75. The summed E-state index contributed by atoms with van der Waals surface area (Å²) in [6.45, 7) is 4.92. The Hall–Kier alpha value is -0.0800. The van der Waals surface area contributed by atoms with Gasteiger partial charge in [-0.05, 0) is 36.5 Å². The van der Waals surface area contributed by atoms with Gasteiger partial charge in [-0.2, -0.15) is 0 Å². The topological polar surface area (TPSA) is 40.5 Å². The summed E-state index contributed by atoms with van der Waals surface area (Å²) in [5.41, 5.74) is 0.103. The molecule has 0 saturated heterocycles. The van der Waals surface area contributed by atoms with E-state index < -0.39 is 0 Å². The minimum Gasteiger partial charge on any atom is -0.396 e. The molecule has 0 aromatic rings. The molecule has 0 spiro atoms. The van der Waals surface area contributed by atoms with E-state index in [1.165, 1.54) is 0 Å². The first-order valence-corrected chi connectivity index (χ1v) is 4.84. The Morgan fingerprint density at radius 2 is 2.08 bits per heavy atom. The Bertz CT molecular complexity index is 147. The molecule has 12 heavy (non-hydrogen) atoms. The lowest BCUT2D eigenvalue weighted by Crippen LogP contribution is -2.36. The third kappa shape index (κ3) is 1.80. The lowest BCUT2D eigenvalue weighted by molar-refractivity contribution is 0.0157. The minimum atomic E-state index is 0.103. The van der Waals surface area contributed by atoms with Crippen molar-refractivity contribution in [1.29, 1.82) is 0 Å². The van der Waals surface area contributed by atoms with Gasteiger partial charge >= 0.3 is 0 Å². The fourth-order valence-corrected chi connectivity index (χ4v) is 2.08. The Morgan fingerprint density at radius 1 is 1.42 bits per heavy atom. The predicted molar refractivity (Wildman–Crippen MR) is 48.8 cm³/mol. The lowest BCUT2D eigenvalue weighted by Gasteiger charge is -2.41. The third-order valence-electron chi connectivity index (χ3n) is 3.62. The molecule has 3 unspecified atom stereocenters. The second-order valence-corrected chi connectivity index (χ2v) is 4.54. The van der Waals surface area contributed by atoms with Gasteiger partial charge in [-0.3, -0.25) is 0 Å². The maximum atomic E-state index is 9.22. The van der Waals surface area contributed by atoms with Gasteiger partial charge in [0.25, 0.3) is 0 Å². The van der Waals surface area contributed by atoms with E-state index in [1.54, 1.807) is 0 Å². The van der Waals surface area contributed by atoms with E-state index >= 15 is 0 Å². The van der Waals surface area contributed by atoms with Crippen molar-refractivity contribution >= 4 is 0 Å². The summed E-state index contributed by atoms with van der Waals surface area (Å²) in [5, 5.41) is 18.2. The second-order valence-electron chi connectivity index (χ2n) is 4.54. The van der Waals surface area contributed by atoms with Gasteiger partial charge in [-0.25, -0.2) is 0 Å². The largest absolute Gasteiger partial charge is 0.396 e. The van der Waals surface area contributed by atoms with Crippen LogP contribution in [0.4, 0.5) is 0 Å². The minimum absolute atomic E-state index is 0.103. The number of hydrogen-bond donors (Lipinski definition) is 2. The van der Waals surface area contributed by atoms with Crippen LogP contribution in [0.2, 0.25) is 0 Å². The Kier molecular flexibility index (Phi) is 3.13. The molecule has 0 aliphatic heterocycles. The third-order valence-corrected chi connectivity index (χ3v) is 3.62. The summed E-state index contributed by atoms with van der Waals surface area (Å²) >= 11 is 0. The van der Waals surface area contributed by atoms with E-state index in [1.807, 2.05) is 0 Å². The monoisotopic (exact) mass is 172 g/mol. The molecular weight excluding hydrogens is 152 g/mol. The van der Waals surface area contributed by atoms with Crippen LogP contribution in [-0.2, 0) is 0 Å². The number of rotatable bonds is 2. The molecule has 1 aliphatic carbocycles. The molecule has 3 atom stereocenters. The molecule has 0 radical (unpaired) electrons. The summed E-state index contributed by atoms with van der Waals surface area (Å²) in [7, 11) is 0. The normalized spacial score (nSPS) is 43.0. The summed E-state index contributed by atoms with van der Waals surface area (Å²) in [5.74, 6) is 1.01. The van der Waals surface area contributed by atoms with Crippen LogP contribution >= 0.6 is 0 Å². The van der Waals surface area contributed by atoms with Gasteiger partial charge in [0.1, 0.15) is 0 Å². The van der Waals surface area contributed by atoms with Gasteiger partial charge in [0.15, 0.2) is 0 Å². The summed E-state index contributed by atoms with van der Waals surface area (Å²) in [6, 6.07) is 0. The van der Waals surface area contributed by atoms with E-state index in [-0.39, 0.29) is 12.0 Å². The molecule has 2 N–H and O–H groups in total. The van der Waals surface area contributed by atoms with Gasteiger partial charge in [0, 0.05) is 13.2 Å². The molecule has 2 heteroatoms. The first kappa shape index (κ1) is 10.0. The van der Waals surface area contributed by atoms with E-state index in [4.69, 9.17) is 5.11 Å². The van der Waals surface area contributed by atoms with Crippen molar-refractivity contribution in [2.24, 2.45) is 17.3 Å². The zero-order chi connectivity index (χ0) is 9.19. The predicted octanol–water partition coefficient (Wildman–Crippen LogP) is 1.41. The highest BCUT2D eigenvalue weighted by molar-refractivity contribution is 4.86. The summed E-state index contributed by atoms with van der Waals surface area (Å²) in [6.07, 6.45) is 3.18. The van der Waals surface area contributed by atoms with Crippen LogP contribution in [0.25, 0.3) is 0 Å². The van der Waals surface area contributed by atoms with Crippen molar-refractivity contribution in [3.05, 3.63) is 0 Å². The highest BCUT2D eigenvalue weighted by Crippen LogP contribution is 2.42. The quantitative estimate of drug-likeness (QED) is 0.661. The van der Waals surface area contributed by atoms with Gasteiger partial charge < -0.3 is 10.2 Å². The highest BCUT2D eigenvalue weighted by Gasteiger charge is 2.36. The average molecular weight is 172 g/mol. The Morgan fingerprint density at radius 3 is 2.50 bits per heavy atom. The van der Waals surface area contributed by atoms with Crippen LogP contribution in [0.5, 0.6) is 0 Å². The Labute approximate surface area is 74.6 Å². The van der Waals surface area contributed by atoms with E-state index in [0.29, 0.717) is 18.4 Å². The molecule has 0 heterocycles. The lowest BCUT2D eigenvalue weighted by atomic mass is 9.66. The maximum Gasteiger partial charge on any atom is 0.0487 e. The van der Waals surface area contributed by atoms with Crippen molar-refractivity contribution in [3.63, 3.8) is 0 Å². The van der Waals surface area contributed by atoms with Gasteiger partial charge in [-0.1, -0.05) is 13.8 Å². The molecule has 0 aromatic heterocycles. The maximum absolute atomic E-state index is 9.22. The fraction of sp³-hybridized carbons (Fsp3) is 1.00. The zero-order valence-corrected chi connectivity index (χ0v) is 8.08. The van der Waals surface area contributed by atoms with Crippen LogP contribution in [0.3, 0.4) is 0 Å². The molecule has 1 fully saturated rings. The number of aliphatic hydroxyl groups is 2. The van der Waals surface area contributed by atoms with Crippen molar-refractivity contribution in [3.8, 4) is 0 Å². The molecule has 0 bridgehead atoms. The Balaban J connectivity index is 2.53. The van der Waals surface area contributed by atoms with E-state index in [0.717, 1.165) is 19.3 Å². The molecule has 2 nitrogen and oxygen atoms in total. The standard InChI is InChI=1S/C10H20O2/c1-8-5-9(6-11)3-4-10(8,2)7-12/h8-9,11-12H,3-7H2,1-2H3. The van der Waals surface area contributed by atoms with E-state index in [2.05, 4.69) is 13.8 Å². The van der Waals surface area contributed by atoms with E-state index in [9.17, 15) is 5.11 Å². The summed E-state index contributed by atoms with van der Waals surface area (Å²) in [4.78, 5) is 0. The van der Waals surface area contributed by atoms with Gasteiger partial charge in [0.2, 0.25) is 0 Å². The SMILES string of the molecule is CC1CC(CO)CCC1(C)CO. The molecule has 0 amide bonds. The smallest absolute Gasteiger partial charge is 0.0487 e. The molecular formula is C10H20O2.